The second kappa shape index (κ2) is 5.57. The molecule has 0 saturated carbocycles. The highest BCUT2D eigenvalue weighted by molar-refractivity contribution is 5.41. The topological polar surface area (TPSA) is 85.9 Å². The molecule has 0 aliphatic heterocycles. The van der Waals surface area contributed by atoms with Gasteiger partial charge in [0.2, 0.25) is 0 Å². The summed E-state index contributed by atoms with van der Waals surface area (Å²) in [4.78, 5) is 9.93. The molecule has 0 saturated heterocycles. The van der Waals surface area contributed by atoms with Crippen LogP contribution in [0, 0.1) is 15.9 Å². The van der Waals surface area contributed by atoms with Crippen LogP contribution in [-0.4, -0.2) is 25.5 Å². The summed E-state index contributed by atoms with van der Waals surface area (Å²) in [6.45, 7) is 6.56. The first-order chi connectivity index (χ1) is 9.76. The van der Waals surface area contributed by atoms with Gasteiger partial charge in [-0.2, -0.15) is 0 Å². The van der Waals surface area contributed by atoms with Gasteiger partial charge in [0, 0.05) is 18.2 Å². The lowest BCUT2D eigenvalue weighted by atomic mass is 10.1. The monoisotopic (exact) mass is 293 g/mol. The first kappa shape index (κ1) is 15.0. The van der Waals surface area contributed by atoms with E-state index in [4.69, 9.17) is 0 Å². The summed E-state index contributed by atoms with van der Waals surface area (Å²) < 4.78 is 15.1. The van der Waals surface area contributed by atoms with Crippen molar-refractivity contribution in [3.05, 3.63) is 46.0 Å². The third-order valence-electron chi connectivity index (χ3n) is 2.73. The average molecular weight is 293 g/mol. The number of halogens is 1. The molecule has 0 aliphatic carbocycles. The zero-order valence-electron chi connectivity index (χ0n) is 12.0. The summed E-state index contributed by atoms with van der Waals surface area (Å²) >= 11 is 0. The molecule has 1 aromatic carbocycles. The van der Waals surface area contributed by atoms with Crippen molar-refractivity contribution in [1.29, 1.82) is 0 Å². The number of rotatable bonds is 4. The largest absolute Gasteiger partial charge is 0.306 e. The lowest BCUT2D eigenvalue weighted by Crippen LogP contribution is -2.35. The predicted molar refractivity (Wildman–Crippen MR) is 74.6 cm³/mol. The Bertz CT molecular complexity index is 663. The van der Waals surface area contributed by atoms with Crippen LogP contribution in [0.1, 0.15) is 26.5 Å². The third kappa shape index (κ3) is 3.82. The normalized spacial score (nSPS) is 11.6. The number of nitrogens with one attached hydrogen (secondary N) is 1. The maximum Gasteiger partial charge on any atom is 0.272 e. The van der Waals surface area contributed by atoms with Crippen molar-refractivity contribution >= 4 is 5.69 Å². The molecule has 2 aromatic rings. The predicted octanol–water partition coefficient (Wildman–Crippen LogP) is 2.20. The highest BCUT2D eigenvalue weighted by Crippen LogP contribution is 2.19. The van der Waals surface area contributed by atoms with Crippen LogP contribution in [0.25, 0.3) is 5.69 Å². The van der Waals surface area contributed by atoms with E-state index >= 15 is 0 Å². The summed E-state index contributed by atoms with van der Waals surface area (Å²) in [6, 6.07) is 3.40. The van der Waals surface area contributed by atoms with Crippen LogP contribution in [0.5, 0.6) is 0 Å². The molecule has 1 N–H and O–H groups in total. The van der Waals surface area contributed by atoms with Crippen LogP contribution < -0.4 is 5.32 Å². The van der Waals surface area contributed by atoms with Crippen LogP contribution in [0.4, 0.5) is 10.1 Å². The van der Waals surface area contributed by atoms with Crippen molar-refractivity contribution < 1.29 is 9.31 Å². The van der Waals surface area contributed by atoms with Crippen LogP contribution >= 0.6 is 0 Å². The van der Waals surface area contributed by atoms with E-state index in [1.807, 2.05) is 20.8 Å². The first-order valence-corrected chi connectivity index (χ1v) is 6.37. The molecule has 0 amide bonds. The van der Waals surface area contributed by atoms with E-state index < -0.39 is 10.7 Å². The zero-order valence-corrected chi connectivity index (χ0v) is 12.0. The van der Waals surface area contributed by atoms with Crippen molar-refractivity contribution in [2.24, 2.45) is 0 Å². The van der Waals surface area contributed by atoms with Crippen molar-refractivity contribution in [1.82, 2.24) is 20.3 Å². The van der Waals surface area contributed by atoms with E-state index in [1.165, 1.54) is 16.8 Å². The zero-order chi connectivity index (χ0) is 15.6. The number of aromatic nitrogens is 3. The number of nitrogens with zero attached hydrogens (tertiary/aromatic N) is 4. The van der Waals surface area contributed by atoms with Gasteiger partial charge in [-0.15, -0.1) is 5.10 Å². The molecule has 0 aliphatic rings. The van der Waals surface area contributed by atoms with Gasteiger partial charge in [-0.05, 0) is 26.8 Å². The van der Waals surface area contributed by atoms with Crippen molar-refractivity contribution in [2.75, 3.05) is 0 Å². The lowest BCUT2D eigenvalue weighted by Gasteiger charge is -2.19. The fourth-order valence-electron chi connectivity index (χ4n) is 1.65. The van der Waals surface area contributed by atoms with E-state index in [9.17, 15) is 14.5 Å². The first-order valence-electron chi connectivity index (χ1n) is 6.37. The van der Waals surface area contributed by atoms with E-state index in [-0.39, 0.29) is 16.9 Å². The van der Waals surface area contributed by atoms with Crippen LogP contribution in [0.15, 0.2) is 24.4 Å². The van der Waals surface area contributed by atoms with Gasteiger partial charge in [0.25, 0.3) is 5.69 Å². The minimum atomic E-state index is -0.718. The van der Waals surface area contributed by atoms with Gasteiger partial charge in [-0.25, -0.2) is 9.07 Å². The van der Waals surface area contributed by atoms with Gasteiger partial charge in [0.05, 0.1) is 22.9 Å². The maximum atomic E-state index is 13.9. The SMILES string of the molecule is CC(C)(C)NCc1cn(-c2ccc([N+](=O)[O-])cc2F)nn1. The van der Waals surface area contributed by atoms with Gasteiger partial charge in [-0.1, -0.05) is 5.21 Å². The third-order valence-corrected chi connectivity index (χ3v) is 2.73. The van der Waals surface area contributed by atoms with Gasteiger partial charge < -0.3 is 5.32 Å². The molecule has 1 heterocycles. The number of hydrogen-bond donors (Lipinski definition) is 1. The number of nitro benzene ring substituents is 1. The Labute approximate surface area is 120 Å². The molecule has 0 fully saturated rings. The molecular weight excluding hydrogens is 277 g/mol. The summed E-state index contributed by atoms with van der Waals surface area (Å²) in [5.74, 6) is -0.718. The standard InChI is InChI=1S/C13H16FN5O2/c1-13(2,3)15-7-9-8-18(17-16-9)12-5-4-10(19(20)21)6-11(12)14/h4-6,8,15H,7H2,1-3H3. The van der Waals surface area contributed by atoms with E-state index in [0.29, 0.717) is 12.2 Å². The molecule has 8 heteroatoms. The quantitative estimate of drug-likeness (QED) is 0.690. The summed E-state index contributed by atoms with van der Waals surface area (Å²) in [7, 11) is 0. The molecule has 21 heavy (non-hydrogen) atoms. The molecule has 0 atom stereocenters. The minimum Gasteiger partial charge on any atom is -0.306 e. The Morgan fingerprint density at radius 2 is 2.14 bits per heavy atom. The van der Waals surface area contributed by atoms with Crippen LogP contribution in [-0.2, 0) is 6.54 Å². The Morgan fingerprint density at radius 3 is 2.71 bits per heavy atom. The second-order valence-corrected chi connectivity index (χ2v) is 5.65. The Morgan fingerprint density at radius 1 is 1.43 bits per heavy atom. The molecule has 2 rings (SSSR count). The van der Waals surface area contributed by atoms with Crippen LogP contribution in [0.3, 0.4) is 0 Å². The fraction of sp³-hybridized carbons (Fsp3) is 0.385. The summed E-state index contributed by atoms with van der Waals surface area (Å²) in [5.41, 5.74) is 0.409. The number of benzene rings is 1. The number of non-ortho nitro benzene ring substituents is 1. The minimum absolute atomic E-state index is 0.0671. The molecule has 0 unspecified atom stereocenters. The summed E-state index contributed by atoms with van der Waals surface area (Å²) in [6.07, 6.45) is 1.59. The highest BCUT2D eigenvalue weighted by Gasteiger charge is 2.14. The van der Waals surface area contributed by atoms with E-state index in [0.717, 1.165) is 6.07 Å². The smallest absolute Gasteiger partial charge is 0.272 e. The van der Waals surface area contributed by atoms with Gasteiger partial charge in [0.1, 0.15) is 5.69 Å². The highest BCUT2D eigenvalue weighted by atomic mass is 19.1. The average Bonchev–Trinajstić information content (AvgIpc) is 2.84. The molecular formula is C13H16FN5O2. The molecule has 112 valence electrons. The Balaban J connectivity index is 2.20. The number of nitro groups is 1. The molecule has 0 radical (unpaired) electrons. The van der Waals surface area contributed by atoms with Crippen LogP contribution in [0.2, 0.25) is 0 Å². The van der Waals surface area contributed by atoms with E-state index in [2.05, 4.69) is 15.6 Å². The van der Waals surface area contributed by atoms with Gasteiger partial charge in [-0.3, -0.25) is 10.1 Å². The molecule has 7 nitrogen and oxygen atoms in total. The Hall–Kier alpha value is -2.35. The maximum absolute atomic E-state index is 13.9. The lowest BCUT2D eigenvalue weighted by molar-refractivity contribution is -0.385. The van der Waals surface area contributed by atoms with Crippen molar-refractivity contribution in [2.45, 2.75) is 32.9 Å². The van der Waals surface area contributed by atoms with Crippen molar-refractivity contribution in [3.8, 4) is 5.69 Å². The van der Waals surface area contributed by atoms with Gasteiger partial charge >= 0.3 is 0 Å². The van der Waals surface area contributed by atoms with Crippen molar-refractivity contribution in [3.63, 3.8) is 0 Å². The molecule has 0 bridgehead atoms. The van der Waals surface area contributed by atoms with E-state index in [1.54, 1.807) is 6.20 Å². The van der Waals surface area contributed by atoms with Gasteiger partial charge in [0.15, 0.2) is 5.82 Å². The number of hydrogen-bond acceptors (Lipinski definition) is 5. The summed E-state index contributed by atoms with van der Waals surface area (Å²) in [5, 5.41) is 21.6. The Kier molecular flexibility index (Phi) is 3.99. The fourth-order valence-corrected chi connectivity index (χ4v) is 1.65. The molecule has 0 spiro atoms. The second-order valence-electron chi connectivity index (χ2n) is 5.65. The molecule has 1 aromatic heterocycles.